The Morgan fingerprint density at radius 2 is 1.74 bits per heavy atom. The summed E-state index contributed by atoms with van der Waals surface area (Å²) in [6.07, 6.45) is 1.14. The van der Waals surface area contributed by atoms with Gasteiger partial charge in [-0.2, -0.15) is 0 Å². The lowest BCUT2D eigenvalue weighted by molar-refractivity contribution is 0.104. The van der Waals surface area contributed by atoms with Crippen LogP contribution in [0.15, 0.2) is 24.3 Å². The average molecular weight is 267 g/mol. The summed E-state index contributed by atoms with van der Waals surface area (Å²) in [5, 5.41) is 3.48. The van der Waals surface area contributed by atoms with Crippen molar-refractivity contribution in [3.05, 3.63) is 35.6 Å². The van der Waals surface area contributed by atoms with Crippen LogP contribution < -0.4 is 5.32 Å². The summed E-state index contributed by atoms with van der Waals surface area (Å²) < 4.78 is 18.3. The molecule has 2 nitrogen and oxygen atoms in total. The Balaban J connectivity index is 2.65. The van der Waals surface area contributed by atoms with E-state index in [-0.39, 0.29) is 11.9 Å². The first-order valence-electron chi connectivity index (χ1n) is 7.02. The van der Waals surface area contributed by atoms with Gasteiger partial charge >= 0.3 is 0 Å². The number of nitrogens with one attached hydrogen (secondary N) is 1. The van der Waals surface area contributed by atoms with E-state index in [0.29, 0.717) is 11.8 Å². The largest absolute Gasteiger partial charge is 0.382 e. The third kappa shape index (κ3) is 6.17. The maximum absolute atomic E-state index is 13.0. The van der Waals surface area contributed by atoms with Crippen LogP contribution in [0.25, 0.3) is 0 Å². The van der Waals surface area contributed by atoms with E-state index in [9.17, 15) is 4.39 Å². The molecule has 19 heavy (non-hydrogen) atoms. The summed E-state index contributed by atoms with van der Waals surface area (Å²) in [7, 11) is 1.73. The maximum atomic E-state index is 13.0. The molecule has 0 saturated carbocycles. The third-order valence-corrected chi connectivity index (χ3v) is 3.30. The van der Waals surface area contributed by atoms with Crippen LogP contribution in [0.5, 0.6) is 0 Å². The highest BCUT2D eigenvalue weighted by molar-refractivity contribution is 5.21. The van der Waals surface area contributed by atoms with E-state index in [1.165, 1.54) is 17.7 Å². The van der Waals surface area contributed by atoms with Gasteiger partial charge in [-0.1, -0.05) is 26.0 Å². The van der Waals surface area contributed by atoms with Crippen LogP contribution in [0, 0.1) is 11.7 Å². The zero-order valence-corrected chi connectivity index (χ0v) is 12.4. The number of ether oxygens (including phenoxy) is 1. The van der Waals surface area contributed by atoms with Crippen molar-refractivity contribution in [1.82, 2.24) is 5.32 Å². The highest BCUT2D eigenvalue weighted by Crippen LogP contribution is 2.22. The van der Waals surface area contributed by atoms with Crippen molar-refractivity contribution >= 4 is 0 Å². The molecule has 3 heteroatoms. The molecule has 0 spiro atoms. The molecule has 0 aliphatic carbocycles. The average Bonchev–Trinajstić information content (AvgIpc) is 2.38. The SMILES string of the molecule is COC(C)CC(CNCC(C)C)c1ccc(F)cc1. The minimum absolute atomic E-state index is 0.183. The van der Waals surface area contributed by atoms with Gasteiger partial charge in [-0.15, -0.1) is 0 Å². The Morgan fingerprint density at radius 3 is 2.26 bits per heavy atom. The Labute approximate surface area is 116 Å². The summed E-state index contributed by atoms with van der Waals surface area (Å²) in [5.74, 6) is 0.806. The van der Waals surface area contributed by atoms with Gasteiger partial charge in [0.1, 0.15) is 5.82 Å². The second kappa shape index (κ2) is 8.28. The molecule has 0 saturated heterocycles. The maximum Gasteiger partial charge on any atom is 0.123 e. The van der Waals surface area contributed by atoms with Gasteiger partial charge in [-0.3, -0.25) is 0 Å². The van der Waals surface area contributed by atoms with Crippen LogP contribution in [0.2, 0.25) is 0 Å². The van der Waals surface area contributed by atoms with Crippen LogP contribution in [0.4, 0.5) is 4.39 Å². The second-order valence-corrected chi connectivity index (χ2v) is 5.58. The summed E-state index contributed by atoms with van der Waals surface area (Å²) in [4.78, 5) is 0. The predicted octanol–water partition coefficient (Wildman–Crippen LogP) is 3.58. The molecule has 0 aliphatic rings. The van der Waals surface area contributed by atoms with E-state index in [4.69, 9.17) is 4.74 Å². The topological polar surface area (TPSA) is 21.3 Å². The second-order valence-electron chi connectivity index (χ2n) is 5.58. The minimum Gasteiger partial charge on any atom is -0.382 e. The summed E-state index contributed by atoms with van der Waals surface area (Å²) in [5.41, 5.74) is 1.17. The number of halogens is 1. The highest BCUT2D eigenvalue weighted by Gasteiger charge is 2.15. The molecule has 0 heterocycles. The number of benzene rings is 1. The molecule has 0 fully saturated rings. The molecular formula is C16H26FNO. The van der Waals surface area contributed by atoms with Gasteiger partial charge in [0.2, 0.25) is 0 Å². The van der Waals surface area contributed by atoms with Gasteiger partial charge in [-0.05, 0) is 49.4 Å². The first-order valence-corrected chi connectivity index (χ1v) is 7.02. The summed E-state index contributed by atoms with van der Waals surface area (Å²) in [6, 6.07) is 6.81. The van der Waals surface area contributed by atoms with E-state index in [0.717, 1.165) is 19.5 Å². The van der Waals surface area contributed by atoms with Gasteiger partial charge in [0.05, 0.1) is 6.10 Å². The van der Waals surface area contributed by atoms with E-state index in [2.05, 4.69) is 26.1 Å². The Bertz CT molecular complexity index is 350. The van der Waals surface area contributed by atoms with Crippen LogP contribution in [-0.2, 0) is 4.74 Å². The molecule has 0 aliphatic heterocycles. The number of methoxy groups -OCH3 is 1. The van der Waals surface area contributed by atoms with E-state index < -0.39 is 0 Å². The van der Waals surface area contributed by atoms with E-state index in [1.807, 2.05) is 12.1 Å². The molecule has 0 amide bonds. The molecular weight excluding hydrogens is 241 g/mol. The van der Waals surface area contributed by atoms with Crippen LogP contribution in [0.1, 0.15) is 38.7 Å². The summed E-state index contributed by atoms with van der Waals surface area (Å²) >= 11 is 0. The van der Waals surface area contributed by atoms with Crippen molar-refractivity contribution in [3.8, 4) is 0 Å². The third-order valence-electron chi connectivity index (χ3n) is 3.30. The summed E-state index contributed by atoms with van der Waals surface area (Å²) in [6.45, 7) is 8.35. The van der Waals surface area contributed by atoms with Gasteiger partial charge in [0, 0.05) is 13.7 Å². The fourth-order valence-corrected chi connectivity index (χ4v) is 2.12. The van der Waals surface area contributed by atoms with E-state index in [1.54, 1.807) is 7.11 Å². The van der Waals surface area contributed by atoms with E-state index >= 15 is 0 Å². The van der Waals surface area contributed by atoms with Crippen molar-refractivity contribution < 1.29 is 9.13 Å². The van der Waals surface area contributed by atoms with Crippen molar-refractivity contribution in [2.24, 2.45) is 5.92 Å². The fourth-order valence-electron chi connectivity index (χ4n) is 2.12. The molecule has 108 valence electrons. The molecule has 0 radical (unpaired) electrons. The number of hydrogen-bond donors (Lipinski definition) is 1. The lowest BCUT2D eigenvalue weighted by Gasteiger charge is -2.22. The molecule has 1 rings (SSSR count). The Hall–Kier alpha value is -0.930. The molecule has 1 aromatic rings. The first-order chi connectivity index (χ1) is 9.02. The van der Waals surface area contributed by atoms with Gasteiger partial charge in [-0.25, -0.2) is 4.39 Å². The van der Waals surface area contributed by atoms with Crippen molar-refractivity contribution in [1.29, 1.82) is 0 Å². The molecule has 1 aromatic carbocycles. The molecule has 2 unspecified atom stereocenters. The lowest BCUT2D eigenvalue weighted by Crippen LogP contribution is -2.27. The zero-order chi connectivity index (χ0) is 14.3. The monoisotopic (exact) mass is 267 g/mol. The smallest absolute Gasteiger partial charge is 0.123 e. The van der Waals surface area contributed by atoms with Crippen molar-refractivity contribution in [3.63, 3.8) is 0 Å². The van der Waals surface area contributed by atoms with Crippen LogP contribution >= 0.6 is 0 Å². The van der Waals surface area contributed by atoms with Crippen LogP contribution in [-0.4, -0.2) is 26.3 Å². The highest BCUT2D eigenvalue weighted by atomic mass is 19.1. The Kier molecular flexibility index (Phi) is 7.03. The fraction of sp³-hybridized carbons (Fsp3) is 0.625. The molecule has 0 bridgehead atoms. The molecule has 1 N–H and O–H groups in total. The van der Waals surface area contributed by atoms with Crippen LogP contribution in [0.3, 0.4) is 0 Å². The van der Waals surface area contributed by atoms with Crippen molar-refractivity contribution in [2.75, 3.05) is 20.2 Å². The van der Waals surface area contributed by atoms with Crippen molar-refractivity contribution in [2.45, 2.75) is 39.2 Å². The molecule has 0 aromatic heterocycles. The quantitative estimate of drug-likeness (QED) is 0.777. The molecule has 2 atom stereocenters. The zero-order valence-electron chi connectivity index (χ0n) is 12.4. The number of hydrogen-bond acceptors (Lipinski definition) is 2. The lowest BCUT2D eigenvalue weighted by atomic mass is 9.93. The standard InChI is InChI=1S/C16H26FNO/c1-12(2)10-18-11-15(9-13(3)19-4)14-5-7-16(17)8-6-14/h5-8,12-13,15,18H,9-11H2,1-4H3. The number of rotatable bonds is 8. The first kappa shape index (κ1) is 16.1. The minimum atomic E-state index is -0.183. The van der Waals surface area contributed by atoms with Gasteiger partial charge in [0.25, 0.3) is 0 Å². The van der Waals surface area contributed by atoms with Gasteiger partial charge in [0.15, 0.2) is 0 Å². The van der Waals surface area contributed by atoms with Gasteiger partial charge < -0.3 is 10.1 Å². The Morgan fingerprint density at radius 1 is 1.11 bits per heavy atom. The normalized spacial score (nSPS) is 14.6. The predicted molar refractivity (Wildman–Crippen MR) is 77.9 cm³/mol.